The second kappa shape index (κ2) is 8.64. The van der Waals surface area contributed by atoms with Crippen LogP contribution in [0.1, 0.15) is 26.7 Å². The van der Waals surface area contributed by atoms with Crippen molar-refractivity contribution in [1.82, 2.24) is 5.32 Å². The summed E-state index contributed by atoms with van der Waals surface area (Å²) in [6.45, 7) is 4.42. The summed E-state index contributed by atoms with van der Waals surface area (Å²) >= 11 is 5.90. The predicted molar refractivity (Wildman–Crippen MR) is 83.8 cm³/mol. The van der Waals surface area contributed by atoms with Crippen LogP contribution in [0.25, 0.3) is 0 Å². The largest absolute Gasteiger partial charge is 0.480 e. The Morgan fingerprint density at radius 2 is 2.10 bits per heavy atom. The molecule has 0 saturated heterocycles. The van der Waals surface area contributed by atoms with E-state index in [2.05, 4.69) is 5.32 Å². The number of nitrogens with zero attached hydrogens (tertiary/aromatic N) is 1. The van der Waals surface area contributed by atoms with Crippen molar-refractivity contribution in [2.24, 2.45) is 0 Å². The predicted octanol–water partition coefficient (Wildman–Crippen LogP) is 2.54. The van der Waals surface area contributed by atoms with Crippen molar-refractivity contribution in [2.45, 2.75) is 32.7 Å². The number of carbonyl (C=O) groups excluding carboxylic acids is 1. The van der Waals surface area contributed by atoms with Gasteiger partial charge in [0.05, 0.1) is 0 Å². The van der Waals surface area contributed by atoms with Crippen LogP contribution in [0.3, 0.4) is 0 Å². The summed E-state index contributed by atoms with van der Waals surface area (Å²) < 4.78 is 0. The molecule has 0 saturated carbocycles. The SMILES string of the molecule is CC(C)NCCCC(=O)N(CC(=O)O)c1cccc(Cl)c1. The van der Waals surface area contributed by atoms with Gasteiger partial charge >= 0.3 is 5.97 Å². The summed E-state index contributed by atoms with van der Waals surface area (Å²) in [5.41, 5.74) is 0.506. The molecule has 0 aliphatic heterocycles. The summed E-state index contributed by atoms with van der Waals surface area (Å²) in [5, 5.41) is 12.7. The van der Waals surface area contributed by atoms with Crippen LogP contribution in [0.4, 0.5) is 5.69 Å². The molecule has 0 aliphatic carbocycles. The molecule has 5 nitrogen and oxygen atoms in total. The lowest BCUT2D eigenvalue weighted by Crippen LogP contribution is -2.36. The molecule has 21 heavy (non-hydrogen) atoms. The third-order valence-electron chi connectivity index (χ3n) is 2.83. The number of amides is 1. The van der Waals surface area contributed by atoms with Crippen LogP contribution in [0, 0.1) is 0 Å². The number of rotatable bonds is 8. The van der Waals surface area contributed by atoms with E-state index < -0.39 is 5.97 Å². The highest BCUT2D eigenvalue weighted by atomic mass is 35.5. The van der Waals surface area contributed by atoms with Gasteiger partial charge in [-0.25, -0.2) is 0 Å². The van der Waals surface area contributed by atoms with Gasteiger partial charge in [-0.05, 0) is 31.2 Å². The van der Waals surface area contributed by atoms with Gasteiger partial charge in [0.15, 0.2) is 0 Å². The molecule has 0 atom stereocenters. The van der Waals surface area contributed by atoms with Gasteiger partial charge in [0, 0.05) is 23.2 Å². The number of aliphatic carboxylic acids is 1. The van der Waals surface area contributed by atoms with Crippen LogP contribution in [0.5, 0.6) is 0 Å². The first-order chi connectivity index (χ1) is 9.90. The first kappa shape index (κ1) is 17.5. The number of halogens is 1. The standard InChI is InChI=1S/C15H21ClN2O3/c1-11(2)17-8-4-7-14(19)18(10-15(20)21)13-6-3-5-12(16)9-13/h3,5-6,9,11,17H,4,7-8,10H2,1-2H3,(H,20,21). The molecule has 6 heteroatoms. The maximum absolute atomic E-state index is 12.2. The third kappa shape index (κ3) is 6.60. The molecular formula is C15H21ClN2O3. The zero-order valence-electron chi connectivity index (χ0n) is 12.3. The van der Waals surface area contributed by atoms with E-state index in [-0.39, 0.29) is 12.5 Å². The number of carboxylic acids is 1. The van der Waals surface area contributed by atoms with Crippen molar-refractivity contribution in [1.29, 1.82) is 0 Å². The van der Waals surface area contributed by atoms with Crippen LogP contribution in [0.15, 0.2) is 24.3 Å². The van der Waals surface area contributed by atoms with E-state index in [0.717, 1.165) is 6.54 Å². The minimum absolute atomic E-state index is 0.217. The van der Waals surface area contributed by atoms with Crippen LogP contribution in [-0.4, -0.2) is 36.1 Å². The Morgan fingerprint density at radius 1 is 1.38 bits per heavy atom. The van der Waals surface area contributed by atoms with Gasteiger partial charge in [0.2, 0.25) is 5.91 Å². The molecule has 0 aliphatic rings. The van der Waals surface area contributed by atoms with Gasteiger partial charge in [-0.3, -0.25) is 9.59 Å². The van der Waals surface area contributed by atoms with Crippen LogP contribution < -0.4 is 10.2 Å². The molecule has 1 rings (SSSR count). The molecule has 2 N–H and O–H groups in total. The topological polar surface area (TPSA) is 69.6 Å². The van der Waals surface area contributed by atoms with Crippen LogP contribution in [-0.2, 0) is 9.59 Å². The number of carbonyl (C=O) groups is 2. The molecular weight excluding hydrogens is 292 g/mol. The van der Waals surface area contributed by atoms with Gasteiger partial charge in [-0.1, -0.05) is 31.5 Å². The number of hydrogen-bond donors (Lipinski definition) is 2. The summed E-state index contributed by atoms with van der Waals surface area (Å²) in [6, 6.07) is 7.01. The van der Waals surface area contributed by atoms with Gasteiger partial charge in [-0.2, -0.15) is 0 Å². The van der Waals surface area contributed by atoms with Gasteiger partial charge in [-0.15, -0.1) is 0 Å². The van der Waals surface area contributed by atoms with Crippen molar-refractivity contribution < 1.29 is 14.7 Å². The second-order valence-electron chi connectivity index (χ2n) is 5.07. The maximum Gasteiger partial charge on any atom is 0.323 e. The molecule has 0 fully saturated rings. The van der Waals surface area contributed by atoms with Crippen LogP contribution in [0.2, 0.25) is 5.02 Å². The minimum atomic E-state index is -1.05. The molecule has 0 radical (unpaired) electrons. The first-order valence-electron chi connectivity index (χ1n) is 6.91. The van der Waals surface area contributed by atoms with Crippen molar-refractivity contribution in [3.8, 4) is 0 Å². The first-order valence-corrected chi connectivity index (χ1v) is 7.29. The Balaban J connectivity index is 2.69. The fraction of sp³-hybridized carbons (Fsp3) is 0.467. The minimum Gasteiger partial charge on any atom is -0.480 e. The zero-order valence-corrected chi connectivity index (χ0v) is 13.1. The van der Waals surface area contributed by atoms with Gasteiger partial charge in [0.25, 0.3) is 0 Å². The fourth-order valence-corrected chi connectivity index (χ4v) is 2.05. The Bertz CT molecular complexity index is 492. The molecule has 0 unspecified atom stereocenters. The lowest BCUT2D eigenvalue weighted by atomic mass is 10.2. The highest BCUT2D eigenvalue weighted by Crippen LogP contribution is 2.20. The lowest BCUT2D eigenvalue weighted by Gasteiger charge is -2.21. The Labute approximate surface area is 129 Å². The van der Waals surface area contributed by atoms with Gasteiger partial charge in [0.1, 0.15) is 6.54 Å². The van der Waals surface area contributed by atoms with E-state index >= 15 is 0 Å². The van der Waals surface area contributed by atoms with E-state index in [4.69, 9.17) is 16.7 Å². The molecule has 1 amide bonds. The summed E-state index contributed by atoms with van der Waals surface area (Å²) in [7, 11) is 0. The van der Waals surface area contributed by atoms with E-state index in [1.165, 1.54) is 4.90 Å². The average molecular weight is 313 g/mol. The van der Waals surface area contributed by atoms with Crippen molar-refractivity contribution in [2.75, 3.05) is 18.0 Å². The van der Waals surface area contributed by atoms with Crippen molar-refractivity contribution in [3.63, 3.8) is 0 Å². The maximum atomic E-state index is 12.2. The molecule has 116 valence electrons. The van der Waals surface area contributed by atoms with E-state index in [1.807, 2.05) is 13.8 Å². The Kier molecular flexibility index (Phi) is 7.19. The lowest BCUT2D eigenvalue weighted by molar-refractivity contribution is -0.136. The zero-order chi connectivity index (χ0) is 15.8. The molecule has 0 bridgehead atoms. The third-order valence-corrected chi connectivity index (χ3v) is 3.07. The highest BCUT2D eigenvalue weighted by molar-refractivity contribution is 6.30. The number of nitrogens with one attached hydrogen (secondary N) is 1. The average Bonchev–Trinajstić information content (AvgIpc) is 2.40. The summed E-state index contributed by atoms with van der Waals surface area (Å²) in [6.07, 6.45) is 0.952. The van der Waals surface area contributed by atoms with Crippen LogP contribution >= 0.6 is 11.6 Å². The van der Waals surface area contributed by atoms with Gasteiger partial charge < -0.3 is 15.3 Å². The van der Waals surface area contributed by atoms with Crippen molar-refractivity contribution >= 4 is 29.2 Å². The molecule has 0 aromatic heterocycles. The fourth-order valence-electron chi connectivity index (χ4n) is 1.87. The Morgan fingerprint density at radius 3 is 2.67 bits per heavy atom. The molecule has 1 aromatic rings. The van der Waals surface area contributed by atoms with E-state index in [0.29, 0.717) is 29.6 Å². The number of benzene rings is 1. The molecule has 0 spiro atoms. The van der Waals surface area contributed by atoms with Crippen molar-refractivity contribution in [3.05, 3.63) is 29.3 Å². The second-order valence-corrected chi connectivity index (χ2v) is 5.50. The number of anilines is 1. The van der Waals surface area contributed by atoms with E-state index in [9.17, 15) is 9.59 Å². The molecule has 0 heterocycles. The normalized spacial score (nSPS) is 10.7. The number of hydrogen-bond acceptors (Lipinski definition) is 3. The highest BCUT2D eigenvalue weighted by Gasteiger charge is 2.18. The quantitative estimate of drug-likeness (QED) is 0.724. The summed E-state index contributed by atoms with van der Waals surface area (Å²) in [5.74, 6) is -1.27. The monoisotopic (exact) mass is 312 g/mol. The smallest absolute Gasteiger partial charge is 0.323 e. The molecule has 1 aromatic carbocycles. The van der Waals surface area contributed by atoms with E-state index in [1.54, 1.807) is 24.3 Å². The number of carboxylic acid groups (broad SMARTS) is 1. The summed E-state index contributed by atoms with van der Waals surface area (Å²) in [4.78, 5) is 24.4. The Hall–Kier alpha value is -1.59.